The number of pyridine rings is 1. The largest absolute Gasteiger partial charge is 0.449 e. The number of rotatable bonds is 5. The normalized spacial score (nSPS) is 12.5. The number of nitrogens with zero attached hydrogens (tertiary/aromatic N) is 1. The molecule has 1 aromatic heterocycles. The number of hydrogen-bond donors (Lipinski definition) is 1. The molecule has 0 aliphatic rings. The lowest BCUT2D eigenvalue weighted by molar-refractivity contribution is -0.137. The van der Waals surface area contributed by atoms with Crippen LogP contribution in [0.3, 0.4) is 0 Å². The number of carbonyl (C=O) groups is 2. The lowest BCUT2D eigenvalue weighted by atomic mass is 10.0. The van der Waals surface area contributed by atoms with Crippen molar-refractivity contribution >= 4 is 28.5 Å². The van der Waals surface area contributed by atoms with Gasteiger partial charge in [-0.25, -0.2) is 4.79 Å². The third-order valence-electron chi connectivity index (χ3n) is 4.89. The van der Waals surface area contributed by atoms with Crippen LogP contribution in [0.5, 0.6) is 0 Å². The zero-order valence-electron chi connectivity index (χ0n) is 17.2. The summed E-state index contributed by atoms with van der Waals surface area (Å²) in [4.78, 5) is 29.9. The van der Waals surface area contributed by atoms with Crippen LogP contribution in [0.2, 0.25) is 0 Å². The lowest BCUT2D eigenvalue weighted by Gasteiger charge is -2.17. The van der Waals surface area contributed by atoms with E-state index in [-0.39, 0.29) is 5.69 Å². The lowest BCUT2D eigenvalue weighted by Crippen LogP contribution is -2.30. The van der Waals surface area contributed by atoms with Crippen molar-refractivity contribution in [2.75, 3.05) is 5.32 Å². The van der Waals surface area contributed by atoms with Crippen LogP contribution in [0, 0.1) is 6.92 Å². The van der Waals surface area contributed by atoms with E-state index in [1.54, 1.807) is 25.1 Å². The van der Waals surface area contributed by atoms with E-state index in [9.17, 15) is 22.8 Å². The van der Waals surface area contributed by atoms with E-state index in [0.29, 0.717) is 28.5 Å². The second kappa shape index (κ2) is 8.75. The molecule has 0 saturated heterocycles. The molecule has 31 heavy (non-hydrogen) atoms. The highest BCUT2D eigenvalue weighted by Crippen LogP contribution is 2.31. The van der Waals surface area contributed by atoms with Crippen molar-refractivity contribution in [3.05, 3.63) is 70.9 Å². The molecule has 0 spiro atoms. The van der Waals surface area contributed by atoms with Gasteiger partial charge in [-0.1, -0.05) is 31.2 Å². The molecule has 0 saturated carbocycles. The fraction of sp³-hybridized carbons (Fsp3) is 0.261. The van der Waals surface area contributed by atoms with Gasteiger partial charge in [0, 0.05) is 16.8 Å². The molecule has 0 unspecified atom stereocenters. The molecule has 0 bridgehead atoms. The van der Waals surface area contributed by atoms with Gasteiger partial charge in [0.05, 0.1) is 16.6 Å². The number of hydrogen-bond acceptors (Lipinski definition) is 4. The maximum absolute atomic E-state index is 12.9. The quantitative estimate of drug-likeness (QED) is 0.557. The molecule has 8 heteroatoms. The number of nitrogens with one attached hydrogen (secondary N) is 1. The Labute approximate surface area is 177 Å². The van der Waals surface area contributed by atoms with Gasteiger partial charge in [-0.3, -0.25) is 9.78 Å². The zero-order chi connectivity index (χ0) is 22.8. The van der Waals surface area contributed by atoms with Gasteiger partial charge >= 0.3 is 12.1 Å². The Hall–Kier alpha value is -3.42. The topological polar surface area (TPSA) is 68.3 Å². The minimum Gasteiger partial charge on any atom is -0.449 e. The van der Waals surface area contributed by atoms with Gasteiger partial charge in [-0.15, -0.1) is 0 Å². The smallest absolute Gasteiger partial charge is 0.416 e. The number of esters is 1. The summed E-state index contributed by atoms with van der Waals surface area (Å²) in [5, 5.41) is 2.96. The Morgan fingerprint density at radius 3 is 2.52 bits per heavy atom. The number of para-hydroxylation sites is 1. The van der Waals surface area contributed by atoms with Gasteiger partial charge in [0.15, 0.2) is 6.10 Å². The molecule has 162 valence electrons. The second-order valence-corrected chi connectivity index (χ2v) is 7.04. The number of anilines is 1. The van der Waals surface area contributed by atoms with Gasteiger partial charge < -0.3 is 10.1 Å². The van der Waals surface area contributed by atoms with E-state index >= 15 is 0 Å². The van der Waals surface area contributed by atoms with Gasteiger partial charge in [0.1, 0.15) is 0 Å². The van der Waals surface area contributed by atoms with E-state index in [1.165, 1.54) is 19.1 Å². The summed E-state index contributed by atoms with van der Waals surface area (Å²) in [6, 6.07) is 11.4. The van der Waals surface area contributed by atoms with Crippen LogP contribution in [0.25, 0.3) is 10.9 Å². The average molecular weight is 430 g/mol. The molecule has 3 aromatic rings. The Morgan fingerprint density at radius 2 is 1.84 bits per heavy atom. The first-order valence-corrected chi connectivity index (χ1v) is 9.69. The van der Waals surface area contributed by atoms with Crippen LogP contribution >= 0.6 is 0 Å². The molecule has 0 aliphatic heterocycles. The highest BCUT2D eigenvalue weighted by atomic mass is 19.4. The van der Waals surface area contributed by atoms with E-state index in [2.05, 4.69) is 10.3 Å². The van der Waals surface area contributed by atoms with Crippen LogP contribution in [-0.4, -0.2) is 23.0 Å². The minimum absolute atomic E-state index is 0.0402. The van der Waals surface area contributed by atoms with E-state index in [1.807, 2.05) is 13.0 Å². The Bertz CT molecular complexity index is 1140. The maximum atomic E-state index is 12.9. The predicted octanol–water partition coefficient (Wildman–Crippen LogP) is 5.31. The minimum atomic E-state index is -4.53. The summed E-state index contributed by atoms with van der Waals surface area (Å²) in [6.45, 7) is 5.05. The summed E-state index contributed by atoms with van der Waals surface area (Å²) >= 11 is 0. The molecule has 0 aliphatic carbocycles. The van der Waals surface area contributed by atoms with Crippen LogP contribution < -0.4 is 5.32 Å². The number of aromatic nitrogens is 1. The van der Waals surface area contributed by atoms with Crippen molar-refractivity contribution in [2.24, 2.45) is 0 Å². The number of ether oxygens (including phenoxy) is 1. The van der Waals surface area contributed by atoms with E-state index in [0.717, 1.165) is 17.8 Å². The highest BCUT2D eigenvalue weighted by molar-refractivity contribution is 6.06. The summed E-state index contributed by atoms with van der Waals surface area (Å²) < 4.78 is 43.9. The summed E-state index contributed by atoms with van der Waals surface area (Å²) in [5.41, 5.74) is 1.44. The maximum Gasteiger partial charge on any atom is 0.416 e. The van der Waals surface area contributed by atoms with Crippen molar-refractivity contribution in [3.8, 4) is 0 Å². The number of fused-ring (bicyclic) bond motifs is 1. The average Bonchev–Trinajstić information content (AvgIpc) is 2.72. The van der Waals surface area contributed by atoms with Crippen molar-refractivity contribution in [3.63, 3.8) is 0 Å². The molecule has 0 radical (unpaired) electrons. The van der Waals surface area contributed by atoms with Gasteiger partial charge in [-0.05, 0) is 50.1 Å². The third kappa shape index (κ3) is 4.84. The SMILES string of the molecule is CCc1nc2ccccc2c(C(=O)O[C@H](C)C(=O)Nc2cccc(C(F)(F)F)c2)c1C. The fourth-order valence-corrected chi connectivity index (χ4v) is 3.26. The first-order chi connectivity index (χ1) is 14.6. The molecule has 0 fully saturated rings. The number of halogens is 3. The predicted molar refractivity (Wildman–Crippen MR) is 111 cm³/mol. The van der Waals surface area contributed by atoms with Crippen molar-refractivity contribution in [1.82, 2.24) is 4.98 Å². The van der Waals surface area contributed by atoms with Crippen LogP contribution in [0.4, 0.5) is 18.9 Å². The Kier molecular flexibility index (Phi) is 6.29. The van der Waals surface area contributed by atoms with E-state index in [4.69, 9.17) is 4.74 Å². The van der Waals surface area contributed by atoms with E-state index < -0.39 is 29.7 Å². The standard InChI is InChI=1S/C23H21F3N2O3/c1-4-18-13(2)20(17-10-5-6-11-19(17)28-18)22(30)31-14(3)21(29)27-16-9-7-8-15(12-16)23(24,25)26/h5-12,14H,4H2,1-3H3,(H,27,29)/t14-/m1/s1. The van der Waals surface area contributed by atoms with Crippen LogP contribution in [-0.2, 0) is 22.1 Å². The monoisotopic (exact) mass is 430 g/mol. The molecule has 3 rings (SSSR count). The first kappa shape index (κ1) is 22.3. The molecule has 1 heterocycles. The van der Waals surface area contributed by atoms with Gasteiger partial charge in [-0.2, -0.15) is 13.2 Å². The number of aryl methyl sites for hydroxylation is 1. The second-order valence-electron chi connectivity index (χ2n) is 7.04. The van der Waals surface area contributed by atoms with Crippen molar-refractivity contribution in [2.45, 2.75) is 39.5 Å². The molecule has 5 nitrogen and oxygen atoms in total. The number of alkyl halides is 3. The molecule has 1 atom stereocenters. The summed E-state index contributed by atoms with van der Waals surface area (Å²) in [7, 11) is 0. The molecule has 1 N–H and O–H groups in total. The van der Waals surface area contributed by atoms with Crippen LogP contribution in [0.1, 0.15) is 41.0 Å². The fourth-order valence-electron chi connectivity index (χ4n) is 3.26. The number of benzene rings is 2. The highest BCUT2D eigenvalue weighted by Gasteiger charge is 2.31. The Balaban J connectivity index is 1.81. The van der Waals surface area contributed by atoms with Crippen molar-refractivity contribution < 1.29 is 27.5 Å². The molecule has 2 aromatic carbocycles. The van der Waals surface area contributed by atoms with Gasteiger partial charge in [0.25, 0.3) is 5.91 Å². The van der Waals surface area contributed by atoms with Crippen molar-refractivity contribution in [1.29, 1.82) is 0 Å². The third-order valence-corrected chi connectivity index (χ3v) is 4.89. The number of amides is 1. The van der Waals surface area contributed by atoms with Crippen LogP contribution in [0.15, 0.2) is 48.5 Å². The Morgan fingerprint density at radius 1 is 1.13 bits per heavy atom. The zero-order valence-corrected chi connectivity index (χ0v) is 17.2. The molecular formula is C23H21F3N2O3. The summed E-state index contributed by atoms with van der Waals surface area (Å²) in [6.07, 6.45) is -5.14. The molecule has 1 amide bonds. The molecular weight excluding hydrogens is 409 g/mol. The first-order valence-electron chi connectivity index (χ1n) is 9.69. The number of carbonyl (C=O) groups excluding carboxylic acids is 2. The summed E-state index contributed by atoms with van der Waals surface area (Å²) in [5.74, 6) is -1.43. The van der Waals surface area contributed by atoms with Gasteiger partial charge in [0.2, 0.25) is 0 Å².